The van der Waals surface area contributed by atoms with Crippen LogP contribution in [0.4, 0.5) is 24.5 Å². The third-order valence-corrected chi connectivity index (χ3v) is 8.41. The molecule has 220 valence electrons. The molecule has 43 heavy (non-hydrogen) atoms. The number of carbonyl (C=O) groups excluding carboxylic acids is 4. The number of phenolic OH excluding ortho intramolecular Hbond substituents is 1. The van der Waals surface area contributed by atoms with E-state index in [1.165, 1.54) is 25.1 Å². The van der Waals surface area contributed by atoms with Crippen LogP contribution in [0.3, 0.4) is 0 Å². The molecule has 1 fully saturated rings. The average molecular weight is 594 g/mol. The van der Waals surface area contributed by atoms with Gasteiger partial charge in [0, 0.05) is 40.3 Å². The fourth-order valence-corrected chi connectivity index (χ4v) is 6.68. The van der Waals surface area contributed by atoms with Gasteiger partial charge in [-0.15, -0.1) is 13.2 Å². The predicted octanol–water partition coefficient (Wildman–Crippen LogP) is 4.83. The SMILES string of the molecule is CC1=CC(=O)C2=C(C1=O)C(c1cc(OC(F)(F)F)ccc1O)C1=CCC3C(=O)N(c4cccc([N+](=O)[O-])c4)C(=O)C3C1C2. The minimum absolute atomic E-state index is 0.00420. The molecule has 0 saturated carbocycles. The van der Waals surface area contributed by atoms with Gasteiger partial charge in [0.25, 0.3) is 5.69 Å². The van der Waals surface area contributed by atoms with Crippen molar-refractivity contribution in [2.45, 2.75) is 32.0 Å². The number of ether oxygens (including phenoxy) is 1. The topological polar surface area (TPSA) is 144 Å². The van der Waals surface area contributed by atoms with Crippen LogP contribution in [-0.2, 0) is 19.2 Å². The van der Waals surface area contributed by atoms with Gasteiger partial charge in [-0.3, -0.25) is 29.3 Å². The number of allylic oxidation sites excluding steroid dienone is 6. The van der Waals surface area contributed by atoms with E-state index in [4.69, 9.17) is 0 Å². The second kappa shape index (κ2) is 9.75. The lowest BCUT2D eigenvalue weighted by atomic mass is 9.59. The Hall–Kier alpha value is -5.07. The summed E-state index contributed by atoms with van der Waals surface area (Å²) in [7, 11) is 0. The Kier molecular flexibility index (Phi) is 6.36. The maximum absolute atomic E-state index is 13.9. The van der Waals surface area contributed by atoms with Gasteiger partial charge in [0.1, 0.15) is 11.5 Å². The maximum atomic E-state index is 13.9. The van der Waals surface area contributed by atoms with Crippen LogP contribution in [0.15, 0.2) is 76.9 Å². The molecule has 4 aliphatic rings. The van der Waals surface area contributed by atoms with E-state index in [2.05, 4.69) is 4.74 Å². The Balaban J connectivity index is 1.48. The highest BCUT2D eigenvalue weighted by atomic mass is 19.4. The number of nitro benzene ring substituents is 1. The first kappa shape index (κ1) is 28.1. The van der Waals surface area contributed by atoms with E-state index in [1.54, 1.807) is 6.08 Å². The second-order valence-electron chi connectivity index (χ2n) is 10.8. The first-order valence-corrected chi connectivity index (χ1v) is 13.2. The van der Waals surface area contributed by atoms with E-state index >= 15 is 0 Å². The van der Waals surface area contributed by atoms with Crippen LogP contribution < -0.4 is 9.64 Å². The van der Waals surface area contributed by atoms with Crippen LogP contribution in [0.25, 0.3) is 0 Å². The Morgan fingerprint density at radius 2 is 1.79 bits per heavy atom. The molecular weight excluding hydrogens is 573 g/mol. The van der Waals surface area contributed by atoms with Gasteiger partial charge in [0.2, 0.25) is 11.8 Å². The number of imide groups is 1. The highest BCUT2D eigenvalue weighted by molar-refractivity contribution is 6.25. The monoisotopic (exact) mass is 594 g/mol. The van der Waals surface area contributed by atoms with Crippen molar-refractivity contribution in [3.63, 3.8) is 0 Å². The molecule has 0 spiro atoms. The van der Waals surface area contributed by atoms with Crippen molar-refractivity contribution in [3.05, 3.63) is 92.6 Å². The van der Waals surface area contributed by atoms with Crippen molar-refractivity contribution < 1.29 is 47.1 Å². The number of aromatic hydroxyl groups is 1. The van der Waals surface area contributed by atoms with Crippen LogP contribution >= 0.6 is 0 Å². The molecule has 3 aliphatic carbocycles. The number of Topliss-reactive ketones (excluding diaryl/α,β-unsaturated/α-hetero) is 1. The number of hydrogen-bond acceptors (Lipinski definition) is 8. The van der Waals surface area contributed by atoms with Crippen LogP contribution in [0, 0.1) is 27.9 Å². The molecule has 0 aromatic heterocycles. The second-order valence-corrected chi connectivity index (χ2v) is 10.8. The lowest BCUT2D eigenvalue weighted by molar-refractivity contribution is -0.384. The molecule has 1 heterocycles. The van der Waals surface area contributed by atoms with Crippen LogP contribution in [0.1, 0.15) is 31.2 Å². The zero-order valence-corrected chi connectivity index (χ0v) is 22.3. The summed E-state index contributed by atoms with van der Waals surface area (Å²) in [5, 5.41) is 22.2. The van der Waals surface area contributed by atoms with E-state index < -0.39 is 69.8 Å². The van der Waals surface area contributed by atoms with Crippen LogP contribution in [0.2, 0.25) is 0 Å². The normalized spacial score (nSPS) is 25.2. The molecule has 4 unspecified atom stereocenters. The number of benzene rings is 2. The number of non-ortho nitro benzene ring substituents is 1. The zero-order valence-electron chi connectivity index (χ0n) is 22.3. The largest absolute Gasteiger partial charge is 0.573 e. The molecule has 0 radical (unpaired) electrons. The number of alkyl halides is 3. The lowest BCUT2D eigenvalue weighted by Crippen LogP contribution is -2.39. The Bertz CT molecular complexity index is 1760. The molecule has 2 aromatic rings. The third kappa shape index (κ3) is 4.51. The molecule has 0 bridgehead atoms. The zero-order chi connectivity index (χ0) is 31.0. The van der Waals surface area contributed by atoms with Gasteiger partial charge < -0.3 is 9.84 Å². The average Bonchev–Trinajstić information content (AvgIpc) is 3.20. The number of ketones is 2. The quantitative estimate of drug-likeness (QED) is 0.174. The Morgan fingerprint density at radius 3 is 2.49 bits per heavy atom. The fourth-order valence-electron chi connectivity index (χ4n) is 6.68. The molecule has 1 aliphatic heterocycles. The van der Waals surface area contributed by atoms with Gasteiger partial charge in [-0.05, 0) is 56.0 Å². The van der Waals surface area contributed by atoms with Crippen LogP contribution in [0.5, 0.6) is 11.5 Å². The van der Waals surface area contributed by atoms with Crippen molar-refractivity contribution in [3.8, 4) is 11.5 Å². The highest BCUT2D eigenvalue weighted by Gasteiger charge is 2.57. The van der Waals surface area contributed by atoms with Gasteiger partial charge >= 0.3 is 6.36 Å². The number of carbonyl (C=O) groups is 4. The van der Waals surface area contributed by atoms with E-state index in [1.807, 2.05) is 0 Å². The summed E-state index contributed by atoms with van der Waals surface area (Å²) in [6, 6.07) is 7.88. The predicted molar refractivity (Wildman–Crippen MR) is 142 cm³/mol. The molecule has 2 aromatic carbocycles. The number of hydrogen-bond donors (Lipinski definition) is 1. The fraction of sp³-hybridized carbons (Fsp3) is 0.267. The summed E-state index contributed by atoms with van der Waals surface area (Å²) in [6.07, 6.45) is -2.36. The number of nitrogens with zero attached hydrogens (tertiary/aromatic N) is 2. The number of rotatable bonds is 4. The van der Waals surface area contributed by atoms with Crippen molar-refractivity contribution >= 4 is 34.8 Å². The van der Waals surface area contributed by atoms with Gasteiger partial charge in [-0.2, -0.15) is 0 Å². The standard InChI is InChI=1S/C30H21F3N2O8/c1-13-9-23(37)21-12-19-17(24(26(21)27(13)38)20-11-16(5-8-22(20)36)43-30(31,32)33)6-7-18-25(19)29(40)34(28(18)39)14-3-2-4-15(10-14)35(41)42/h2-6,8-11,18-19,24-25,36H,7,12H2,1H3. The highest BCUT2D eigenvalue weighted by Crippen LogP contribution is 2.56. The lowest BCUT2D eigenvalue weighted by Gasteiger charge is -2.42. The number of amides is 2. The molecular formula is C30H21F3N2O8. The number of fused-ring (bicyclic) bond motifs is 3. The summed E-state index contributed by atoms with van der Waals surface area (Å²) in [4.78, 5) is 65.7. The number of anilines is 1. The summed E-state index contributed by atoms with van der Waals surface area (Å²) >= 11 is 0. The summed E-state index contributed by atoms with van der Waals surface area (Å²) in [5.74, 6) is -7.39. The third-order valence-electron chi connectivity index (χ3n) is 8.41. The van der Waals surface area contributed by atoms with E-state index in [0.29, 0.717) is 5.57 Å². The first-order valence-electron chi connectivity index (χ1n) is 13.2. The summed E-state index contributed by atoms with van der Waals surface area (Å²) in [6.45, 7) is 1.43. The Labute approximate surface area is 240 Å². The molecule has 13 heteroatoms. The van der Waals surface area contributed by atoms with Gasteiger partial charge in [0.15, 0.2) is 11.6 Å². The molecule has 4 atom stereocenters. The Morgan fingerprint density at radius 1 is 1.05 bits per heavy atom. The molecule has 2 amide bonds. The first-order chi connectivity index (χ1) is 20.3. The van der Waals surface area contributed by atoms with Crippen molar-refractivity contribution in [2.75, 3.05) is 4.90 Å². The maximum Gasteiger partial charge on any atom is 0.573 e. The summed E-state index contributed by atoms with van der Waals surface area (Å²) < 4.78 is 43.3. The van der Waals surface area contributed by atoms with Gasteiger partial charge in [-0.1, -0.05) is 17.7 Å². The molecule has 1 saturated heterocycles. The number of phenols is 1. The number of nitro groups is 1. The molecule has 6 rings (SSSR count). The van der Waals surface area contributed by atoms with Crippen LogP contribution in [-0.4, -0.2) is 39.8 Å². The van der Waals surface area contributed by atoms with Gasteiger partial charge in [0.05, 0.1) is 22.4 Å². The van der Waals surface area contributed by atoms with E-state index in [0.717, 1.165) is 35.2 Å². The minimum Gasteiger partial charge on any atom is -0.508 e. The van der Waals surface area contributed by atoms with Crippen molar-refractivity contribution in [1.29, 1.82) is 0 Å². The molecule has 1 N–H and O–H groups in total. The van der Waals surface area contributed by atoms with Crippen molar-refractivity contribution in [1.82, 2.24) is 0 Å². The molecule has 10 nitrogen and oxygen atoms in total. The van der Waals surface area contributed by atoms with E-state index in [-0.39, 0.29) is 46.5 Å². The number of halogens is 3. The minimum atomic E-state index is -5.05. The van der Waals surface area contributed by atoms with Gasteiger partial charge in [-0.25, -0.2) is 4.90 Å². The van der Waals surface area contributed by atoms with Crippen molar-refractivity contribution in [2.24, 2.45) is 17.8 Å². The van der Waals surface area contributed by atoms with E-state index in [9.17, 15) is 47.6 Å². The summed E-state index contributed by atoms with van der Waals surface area (Å²) in [5.41, 5.74) is 0.0715. The smallest absolute Gasteiger partial charge is 0.508 e.